The monoisotopic (exact) mass is 251 g/mol. The van der Waals surface area contributed by atoms with Gasteiger partial charge in [-0.05, 0) is 26.7 Å². The molecule has 102 valence electrons. The molecule has 1 saturated carbocycles. The molecule has 1 aliphatic carbocycles. The van der Waals surface area contributed by atoms with E-state index >= 15 is 0 Å². The quantitative estimate of drug-likeness (QED) is 0.757. The second kappa shape index (κ2) is 6.90. The molecule has 0 atom stereocenters. The number of nitrogens with zero attached hydrogens (tertiary/aromatic N) is 2. The molecule has 0 amide bonds. The van der Waals surface area contributed by atoms with E-state index in [4.69, 9.17) is 4.74 Å². The highest BCUT2D eigenvalue weighted by atomic mass is 16.5. The third kappa shape index (κ3) is 3.82. The smallest absolute Gasteiger partial charge is 0.0951 e. The van der Waals surface area contributed by atoms with Crippen LogP contribution in [-0.2, 0) is 11.3 Å². The Balaban J connectivity index is 1.61. The van der Waals surface area contributed by atoms with Gasteiger partial charge in [-0.3, -0.25) is 0 Å². The Morgan fingerprint density at radius 3 is 2.94 bits per heavy atom. The molecule has 1 N–H and O–H groups in total. The highest BCUT2D eigenvalue weighted by Crippen LogP contribution is 2.20. The summed E-state index contributed by atoms with van der Waals surface area (Å²) in [5, 5.41) is 3.42. The third-order valence-corrected chi connectivity index (χ3v) is 3.54. The zero-order valence-electron chi connectivity index (χ0n) is 11.6. The van der Waals surface area contributed by atoms with Crippen LogP contribution in [0.3, 0.4) is 0 Å². The van der Waals surface area contributed by atoms with Crippen LogP contribution in [0, 0.1) is 0 Å². The predicted octanol–water partition coefficient (Wildman–Crippen LogP) is 2.51. The normalized spacial score (nSPS) is 16.8. The van der Waals surface area contributed by atoms with Crippen molar-refractivity contribution in [1.29, 1.82) is 0 Å². The standard InChI is InChI=1S/C14H25N3O/c1-12(2)17-11-16-10-13(17)9-15-7-8-18-14-5-3-4-6-14/h10-12,14-15H,3-9H2,1-2H3. The van der Waals surface area contributed by atoms with E-state index in [2.05, 4.69) is 28.7 Å². The summed E-state index contributed by atoms with van der Waals surface area (Å²) < 4.78 is 8.01. The van der Waals surface area contributed by atoms with Gasteiger partial charge in [0.1, 0.15) is 0 Å². The molecule has 18 heavy (non-hydrogen) atoms. The molecule has 0 radical (unpaired) electrons. The Morgan fingerprint density at radius 1 is 1.44 bits per heavy atom. The average molecular weight is 251 g/mol. The zero-order valence-corrected chi connectivity index (χ0v) is 11.6. The van der Waals surface area contributed by atoms with Crippen molar-refractivity contribution in [3.63, 3.8) is 0 Å². The molecule has 2 rings (SSSR count). The first kappa shape index (κ1) is 13.6. The van der Waals surface area contributed by atoms with Gasteiger partial charge in [-0.1, -0.05) is 12.8 Å². The molecule has 4 nitrogen and oxygen atoms in total. The van der Waals surface area contributed by atoms with Gasteiger partial charge in [0.05, 0.1) is 24.7 Å². The van der Waals surface area contributed by atoms with E-state index in [1.165, 1.54) is 31.4 Å². The van der Waals surface area contributed by atoms with Crippen molar-refractivity contribution in [2.45, 2.75) is 58.2 Å². The van der Waals surface area contributed by atoms with Crippen molar-refractivity contribution < 1.29 is 4.74 Å². The fraction of sp³-hybridized carbons (Fsp3) is 0.786. The second-order valence-electron chi connectivity index (χ2n) is 5.34. The number of aromatic nitrogens is 2. The lowest BCUT2D eigenvalue weighted by Gasteiger charge is -2.13. The maximum absolute atomic E-state index is 5.82. The summed E-state index contributed by atoms with van der Waals surface area (Å²) >= 11 is 0. The van der Waals surface area contributed by atoms with E-state index in [0.717, 1.165) is 19.7 Å². The summed E-state index contributed by atoms with van der Waals surface area (Å²) in [5.74, 6) is 0. The number of nitrogens with one attached hydrogen (secondary N) is 1. The molecule has 1 fully saturated rings. The van der Waals surface area contributed by atoms with Crippen molar-refractivity contribution >= 4 is 0 Å². The van der Waals surface area contributed by atoms with E-state index < -0.39 is 0 Å². The van der Waals surface area contributed by atoms with Gasteiger partial charge in [-0.25, -0.2) is 4.98 Å². The summed E-state index contributed by atoms with van der Waals surface area (Å²) in [7, 11) is 0. The Hall–Kier alpha value is -0.870. The minimum absolute atomic E-state index is 0.471. The first-order chi connectivity index (χ1) is 8.77. The molecule has 0 spiro atoms. The topological polar surface area (TPSA) is 39.1 Å². The van der Waals surface area contributed by atoms with Crippen molar-refractivity contribution in [1.82, 2.24) is 14.9 Å². The summed E-state index contributed by atoms with van der Waals surface area (Å²) in [4.78, 5) is 4.20. The van der Waals surface area contributed by atoms with Crippen LogP contribution in [0.1, 0.15) is 51.3 Å². The summed E-state index contributed by atoms with van der Waals surface area (Å²) in [6.45, 7) is 6.95. The van der Waals surface area contributed by atoms with Crippen LogP contribution in [-0.4, -0.2) is 28.8 Å². The van der Waals surface area contributed by atoms with Gasteiger partial charge in [-0.2, -0.15) is 0 Å². The van der Waals surface area contributed by atoms with Crippen molar-refractivity contribution in [3.8, 4) is 0 Å². The van der Waals surface area contributed by atoms with E-state index in [0.29, 0.717) is 12.1 Å². The molecule has 1 aromatic heterocycles. The van der Waals surface area contributed by atoms with Gasteiger partial charge in [0.15, 0.2) is 0 Å². The van der Waals surface area contributed by atoms with Gasteiger partial charge in [0, 0.05) is 25.3 Å². The van der Waals surface area contributed by atoms with Gasteiger partial charge < -0.3 is 14.6 Å². The highest BCUT2D eigenvalue weighted by Gasteiger charge is 2.14. The van der Waals surface area contributed by atoms with E-state index in [-0.39, 0.29) is 0 Å². The van der Waals surface area contributed by atoms with Crippen LogP contribution >= 0.6 is 0 Å². The fourth-order valence-corrected chi connectivity index (χ4v) is 2.50. The molecule has 0 saturated heterocycles. The largest absolute Gasteiger partial charge is 0.377 e. The van der Waals surface area contributed by atoms with Crippen molar-refractivity contribution in [3.05, 3.63) is 18.2 Å². The number of hydrogen-bond acceptors (Lipinski definition) is 3. The van der Waals surface area contributed by atoms with E-state index in [9.17, 15) is 0 Å². The van der Waals surface area contributed by atoms with Crippen LogP contribution in [0.25, 0.3) is 0 Å². The van der Waals surface area contributed by atoms with Gasteiger partial charge in [0.2, 0.25) is 0 Å². The van der Waals surface area contributed by atoms with E-state index in [1.807, 2.05) is 12.5 Å². The fourth-order valence-electron chi connectivity index (χ4n) is 2.50. The minimum Gasteiger partial charge on any atom is -0.377 e. The van der Waals surface area contributed by atoms with E-state index in [1.54, 1.807) is 0 Å². The number of rotatable bonds is 7. The maximum atomic E-state index is 5.82. The SMILES string of the molecule is CC(C)n1cncc1CNCCOC1CCCC1. The lowest BCUT2D eigenvalue weighted by Crippen LogP contribution is -2.23. The number of hydrogen-bond donors (Lipinski definition) is 1. The maximum Gasteiger partial charge on any atom is 0.0951 e. The van der Waals surface area contributed by atoms with Crippen LogP contribution in [0.5, 0.6) is 0 Å². The molecule has 0 unspecified atom stereocenters. The van der Waals surface area contributed by atoms with Crippen molar-refractivity contribution in [2.24, 2.45) is 0 Å². The van der Waals surface area contributed by atoms with Gasteiger partial charge in [-0.15, -0.1) is 0 Å². The lowest BCUT2D eigenvalue weighted by atomic mass is 10.3. The summed E-state index contributed by atoms with van der Waals surface area (Å²) in [6, 6.07) is 0.471. The molecule has 0 bridgehead atoms. The molecular formula is C14H25N3O. The molecule has 1 aromatic rings. The van der Waals surface area contributed by atoms with Gasteiger partial charge >= 0.3 is 0 Å². The van der Waals surface area contributed by atoms with Crippen molar-refractivity contribution in [2.75, 3.05) is 13.2 Å². The molecular weight excluding hydrogens is 226 g/mol. The van der Waals surface area contributed by atoms with Crippen LogP contribution in [0.4, 0.5) is 0 Å². The molecule has 0 aliphatic heterocycles. The molecule has 1 aliphatic rings. The lowest BCUT2D eigenvalue weighted by molar-refractivity contribution is 0.0602. The Morgan fingerprint density at radius 2 is 2.22 bits per heavy atom. The molecule has 0 aromatic carbocycles. The Kier molecular flexibility index (Phi) is 5.20. The first-order valence-corrected chi connectivity index (χ1v) is 7.10. The average Bonchev–Trinajstić information content (AvgIpc) is 2.98. The molecule has 4 heteroatoms. The summed E-state index contributed by atoms with van der Waals surface area (Å²) in [5.41, 5.74) is 1.24. The first-order valence-electron chi connectivity index (χ1n) is 7.10. The zero-order chi connectivity index (χ0) is 12.8. The third-order valence-electron chi connectivity index (χ3n) is 3.54. The van der Waals surface area contributed by atoms with Crippen LogP contribution < -0.4 is 5.32 Å². The Bertz CT molecular complexity index is 343. The predicted molar refractivity (Wildman–Crippen MR) is 72.5 cm³/mol. The van der Waals surface area contributed by atoms with Crippen LogP contribution in [0.2, 0.25) is 0 Å². The minimum atomic E-state index is 0.471. The molecule has 1 heterocycles. The summed E-state index contributed by atoms with van der Waals surface area (Å²) in [6.07, 6.45) is 9.53. The van der Waals surface area contributed by atoms with Gasteiger partial charge in [0.25, 0.3) is 0 Å². The second-order valence-corrected chi connectivity index (χ2v) is 5.34. The number of imidazole rings is 1. The highest BCUT2D eigenvalue weighted by molar-refractivity contribution is 4.99. The number of ether oxygens (including phenoxy) is 1. The van der Waals surface area contributed by atoms with Crippen LogP contribution in [0.15, 0.2) is 12.5 Å². The Labute approximate surface area is 110 Å².